The van der Waals surface area contributed by atoms with Crippen LogP contribution in [0.5, 0.6) is 0 Å². The van der Waals surface area contributed by atoms with Crippen LogP contribution in [-0.4, -0.2) is 118 Å². The summed E-state index contributed by atoms with van der Waals surface area (Å²) in [6.45, 7) is 10.3. The van der Waals surface area contributed by atoms with Crippen LogP contribution in [0.2, 0.25) is 0 Å². The van der Waals surface area contributed by atoms with Gasteiger partial charge in [0.2, 0.25) is 5.91 Å². The first kappa shape index (κ1) is 30.2. The van der Waals surface area contributed by atoms with Gasteiger partial charge in [-0.2, -0.15) is 0 Å². The minimum absolute atomic E-state index is 0.0256. The first-order chi connectivity index (χ1) is 20.0. The summed E-state index contributed by atoms with van der Waals surface area (Å²) in [5, 5.41) is 6.32. The Morgan fingerprint density at radius 2 is 1.63 bits per heavy atom. The van der Waals surface area contributed by atoms with E-state index < -0.39 is 0 Å². The van der Waals surface area contributed by atoms with Gasteiger partial charge in [-0.25, -0.2) is 9.18 Å². The lowest BCUT2D eigenvalue weighted by Crippen LogP contribution is -2.59. The van der Waals surface area contributed by atoms with E-state index >= 15 is 0 Å². The predicted octanol–water partition coefficient (Wildman–Crippen LogP) is 2.36. The molecule has 4 aliphatic rings. The van der Waals surface area contributed by atoms with Crippen LogP contribution < -0.4 is 10.6 Å². The third-order valence-corrected chi connectivity index (χ3v) is 9.31. The van der Waals surface area contributed by atoms with Gasteiger partial charge in [-0.3, -0.25) is 9.69 Å². The average Bonchev–Trinajstić information content (AvgIpc) is 3.00. The molecule has 5 rings (SSSR count). The third-order valence-electron chi connectivity index (χ3n) is 9.31. The molecule has 228 valence electrons. The van der Waals surface area contributed by atoms with Crippen molar-refractivity contribution in [3.8, 4) is 0 Å². The molecule has 0 aliphatic carbocycles. The Balaban J connectivity index is 1.16. The first-order valence-electron chi connectivity index (χ1n) is 15.7. The van der Waals surface area contributed by atoms with Crippen LogP contribution in [0.15, 0.2) is 24.3 Å². The van der Waals surface area contributed by atoms with E-state index in [9.17, 15) is 14.0 Å². The van der Waals surface area contributed by atoms with Crippen LogP contribution in [0.4, 0.5) is 9.18 Å². The van der Waals surface area contributed by atoms with Crippen molar-refractivity contribution in [1.29, 1.82) is 0 Å². The molecule has 4 heterocycles. The zero-order valence-electron chi connectivity index (χ0n) is 24.4. The number of piperidine rings is 2. The van der Waals surface area contributed by atoms with E-state index in [1.165, 1.54) is 12.0 Å². The molecule has 1 aromatic rings. The number of morpholine rings is 1. The number of hydrogen-bond acceptors (Lipinski definition) is 6. The number of hydrogen-bond donors (Lipinski definition) is 2. The summed E-state index contributed by atoms with van der Waals surface area (Å²) in [5.41, 5.74) is 1.19. The fourth-order valence-corrected chi connectivity index (χ4v) is 6.93. The fourth-order valence-electron chi connectivity index (χ4n) is 6.93. The number of nitrogens with zero attached hydrogens (tertiary/aromatic N) is 3. The van der Waals surface area contributed by atoms with E-state index in [1.54, 1.807) is 12.1 Å². The summed E-state index contributed by atoms with van der Waals surface area (Å²) >= 11 is 0. The number of carbonyl (C=O) groups is 2. The molecule has 4 aliphatic heterocycles. The van der Waals surface area contributed by atoms with Gasteiger partial charge in [-0.15, -0.1) is 0 Å². The molecule has 4 saturated heterocycles. The summed E-state index contributed by atoms with van der Waals surface area (Å²) in [6.07, 6.45) is 5.73. The number of carbonyl (C=O) groups excluding carboxylic acids is 2. The summed E-state index contributed by atoms with van der Waals surface area (Å²) in [5.74, 6) is 0.869. The highest BCUT2D eigenvalue weighted by Crippen LogP contribution is 2.27. The predicted molar refractivity (Wildman–Crippen MR) is 155 cm³/mol. The second kappa shape index (κ2) is 15.3. The van der Waals surface area contributed by atoms with E-state index in [1.807, 2.05) is 17.0 Å². The van der Waals surface area contributed by atoms with Crippen molar-refractivity contribution < 1.29 is 23.5 Å². The lowest BCUT2D eigenvalue weighted by Gasteiger charge is -2.43. The number of nitrogens with one attached hydrogen (secondary N) is 2. The standard InChI is InChI=1S/C31H48FN5O4/c32-28-5-3-24(4-6-28)20-25-2-1-11-36(21-25)22-27-7-12-37(30(38)26-8-16-40-17-9-26)23-29(27)34-31(39)33-10-13-35-14-18-41-19-15-35/h3-6,25-27,29H,1-2,7-23H2,(H2,33,34,39)/t25?,27-,29-/m0/s1. The van der Waals surface area contributed by atoms with Gasteiger partial charge in [0.1, 0.15) is 5.82 Å². The third kappa shape index (κ3) is 9.11. The number of halogens is 1. The molecule has 9 nitrogen and oxygen atoms in total. The maximum Gasteiger partial charge on any atom is 0.315 e. The van der Waals surface area contributed by atoms with E-state index in [-0.39, 0.29) is 35.6 Å². The summed E-state index contributed by atoms with van der Waals surface area (Å²) in [6, 6.07) is 6.66. The quantitative estimate of drug-likeness (QED) is 0.472. The van der Waals surface area contributed by atoms with Gasteiger partial charge in [-0.1, -0.05) is 12.1 Å². The second-order valence-electron chi connectivity index (χ2n) is 12.3. The molecule has 0 saturated carbocycles. The van der Waals surface area contributed by atoms with Crippen LogP contribution in [0.25, 0.3) is 0 Å². The molecular formula is C31H48FN5O4. The fraction of sp³-hybridized carbons (Fsp3) is 0.742. The Bertz CT molecular complexity index is 970. The Morgan fingerprint density at radius 3 is 2.41 bits per heavy atom. The average molecular weight is 574 g/mol. The first-order valence-corrected chi connectivity index (χ1v) is 15.7. The number of urea groups is 1. The molecule has 0 aromatic heterocycles. The van der Waals surface area contributed by atoms with Crippen LogP contribution >= 0.6 is 0 Å². The van der Waals surface area contributed by atoms with Crippen LogP contribution in [0, 0.1) is 23.6 Å². The van der Waals surface area contributed by atoms with E-state index in [2.05, 4.69) is 20.4 Å². The van der Waals surface area contributed by atoms with Crippen molar-refractivity contribution in [2.75, 3.05) is 85.3 Å². The molecule has 10 heteroatoms. The minimum Gasteiger partial charge on any atom is -0.381 e. The van der Waals surface area contributed by atoms with Gasteiger partial charge in [-0.05, 0) is 74.6 Å². The topological polar surface area (TPSA) is 86.4 Å². The number of likely N-dealkylation sites (tertiary alicyclic amines) is 2. The van der Waals surface area contributed by atoms with Crippen molar-refractivity contribution in [3.63, 3.8) is 0 Å². The van der Waals surface area contributed by atoms with Crippen molar-refractivity contribution in [1.82, 2.24) is 25.3 Å². The van der Waals surface area contributed by atoms with E-state index in [0.717, 1.165) is 91.1 Å². The second-order valence-corrected chi connectivity index (χ2v) is 12.3. The number of amides is 3. The maximum absolute atomic E-state index is 13.4. The van der Waals surface area contributed by atoms with E-state index in [0.29, 0.717) is 32.2 Å². The Labute approximate surface area is 244 Å². The Kier molecular flexibility index (Phi) is 11.2. The van der Waals surface area contributed by atoms with Crippen molar-refractivity contribution in [3.05, 3.63) is 35.6 Å². The minimum atomic E-state index is -0.190. The van der Waals surface area contributed by atoms with Gasteiger partial charge in [0, 0.05) is 71.5 Å². The molecule has 41 heavy (non-hydrogen) atoms. The van der Waals surface area contributed by atoms with Crippen molar-refractivity contribution in [2.24, 2.45) is 17.8 Å². The molecule has 3 amide bonds. The summed E-state index contributed by atoms with van der Waals surface area (Å²) in [7, 11) is 0. The highest BCUT2D eigenvalue weighted by molar-refractivity contribution is 5.79. The largest absolute Gasteiger partial charge is 0.381 e. The van der Waals surface area contributed by atoms with Gasteiger partial charge in [0.25, 0.3) is 0 Å². The highest BCUT2D eigenvalue weighted by atomic mass is 19.1. The molecule has 0 radical (unpaired) electrons. The smallest absolute Gasteiger partial charge is 0.315 e. The molecule has 1 unspecified atom stereocenters. The van der Waals surface area contributed by atoms with Crippen molar-refractivity contribution >= 4 is 11.9 Å². The molecular weight excluding hydrogens is 525 g/mol. The number of ether oxygens (including phenoxy) is 2. The van der Waals surface area contributed by atoms with Gasteiger partial charge < -0.3 is 29.9 Å². The molecule has 1 aromatic carbocycles. The van der Waals surface area contributed by atoms with Gasteiger partial charge >= 0.3 is 6.03 Å². The lowest BCUT2D eigenvalue weighted by molar-refractivity contribution is -0.140. The zero-order chi connectivity index (χ0) is 28.4. The molecule has 2 N–H and O–H groups in total. The Morgan fingerprint density at radius 1 is 0.878 bits per heavy atom. The number of rotatable bonds is 9. The molecule has 3 atom stereocenters. The molecule has 4 fully saturated rings. The maximum atomic E-state index is 13.4. The van der Waals surface area contributed by atoms with E-state index in [4.69, 9.17) is 9.47 Å². The van der Waals surface area contributed by atoms with Gasteiger partial charge in [0.05, 0.1) is 19.3 Å². The zero-order valence-corrected chi connectivity index (χ0v) is 24.4. The van der Waals surface area contributed by atoms with Crippen molar-refractivity contribution in [2.45, 2.75) is 44.6 Å². The SMILES string of the molecule is O=C(NCCN1CCOCC1)N[C@H]1CN(C(=O)C2CCOCC2)CC[C@H]1CN1CCCC(Cc2ccc(F)cc2)C1. The monoisotopic (exact) mass is 573 g/mol. The summed E-state index contributed by atoms with van der Waals surface area (Å²) in [4.78, 5) is 33.2. The Hall–Kier alpha value is -2.27. The molecule has 0 bridgehead atoms. The molecule has 0 spiro atoms. The number of benzene rings is 1. The lowest BCUT2D eigenvalue weighted by atomic mass is 9.87. The van der Waals surface area contributed by atoms with Gasteiger partial charge in [0.15, 0.2) is 0 Å². The highest BCUT2D eigenvalue weighted by Gasteiger charge is 2.36. The van der Waals surface area contributed by atoms with Crippen LogP contribution in [-0.2, 0) is 20.7 Å². The summed E-state index contributed by atoms with van der Waals surface area (Å²) < 4.78 is 24.3. The van der Waals surface area contributed by atoms with Crippen LogP contribution in [0.1, 0.15) is 37.7 Å². The van der Waals surface area contributed by atoms with Crippen LogP contribution in [0.3, 0.4) is 0 Å². The normalized spacial score (nSPS) is 27.0.